The summed E-state index contributed by atoms with van der Waals surface area (Å²) in [7, 11) is 1.65. The van der Waals surface area contributed by atoms with Crippen molar-refractivity contribution in [3.05, 3.63) is 42.5 Å². The fourth-order valence-corrected chi connectivity index (χ4v) is 1.72. The Kier molecular flexibility index (Phi) is 5.98. The summed E-state index contributed by atoms with van der Waals surface area (Å²) in [5, 5.41) is 6.04. The Labute approximate surface area is 109 Å². The van der Waals surface area contributed by atoms with E-state index in [-0.39, 0.29) is 5.91 Å². The van der Waals surface area contributed by atoms with Gasteiger partial charge in [-0.1, -0.05) is 18.2 Å². The lowest BCUT2D eigenvalue weighted by Gasteiger charge is -2.14. The number of anilines is 1. The minimum absolute atomic E-state index is 0.0371. The fourth-order valence-electron chi connectivity index (χ4n) is 1.72. The maximum Gasteiger partial charge on any atom is 0.224 e. The molecule has 0 heterocycles. The second-order valence-corrected chi connectivity index (χ2v) is 4.46. The molecule has 1 unspecified atom stereocenters. The van der Waals surface area contributed by atoms with Gasteiger partial charge in [-0.3, -0.25) is 4.79 Å². The molecule has 0 aliphatic heterocycles. The molecule has 3 nitrogen and oxygen atoms in total. The van der Waals surface area contributed by atoms with Crippen molar-refractivity contribution < 1.29 is 4.79 Å². The zero-order valence-electron chi connectivity index (χ0n) is 11.2. The third kappa shape index (κ3) is 5.04. The number of amides is 1. The Morgan fingerprint density at radius 3 is 2.61 bits per heavy atom. The topological polar surface area (TPSA) is 41.1 Å². The fraction of sp³-hybridized carbons (Fsp3) is 0.400. The molecule has 0 fully saturated rings. The van der Waals surface area contributed by atoms with E-state index in [1.165, 1.54) is 0 Å². The Morgan fingerprint density at radius 1 is 1.39 bits per heavy atom. The molecule has 18 heavy (non-hydrogen) atoms. The van der Waals surface area contributed by atoms with Crippen LogP contribution in [0.3, 0.4) is 0 Å². The number of carbonyl (C=O) groups is 1. The number of allylic oxidation sites excluding steroid dienone is 1. The van der Waals surface area contributed by atoms with Crippen LogP contribution in [0.4, 0.5) is 5.69 Å². The summed E-state index contributed by atoms with van der Waals surface area (Å²) >= 11 is 0. The van der Waals surface area contributed by atoms with Crippen LogP contribution in [-0.4, -0.2) is 19.0 Å². The lowest BCUT2D eigenvalue weighted by molar-refractivity contribution is -0.119. The van der Waals surface area contributed by atoms with Crippen molar-refractivity contribution in [2.75, 3.05) is 12.4 Å². The van der Waals surface area contributed by atoms with Crippen molar-refractivity contribution in [1.29, 1.82) is 0 Å². The summed E-state index contributed by atoms with van der Waals surface area (Å²) in [6.45, 7) is 5.88. The summed E-state index contributed by atoms with van der Waals surface area (Å²) in [6, 6.07) is 8.42. The van der Waals surface area contributed by atoms with Crippen LogP contribution in [-0.2, 0) is 11.2 Å². The average molecular weight is 246 g/mol. The summed E-state index contributed by atoms with van der Waals surface area (Å²) in [6.07, 6.45) is 4.46. The predicted molar refractivity (Wildman–Crippen MR) is 76.7 cm³/mol. The highest BCUT2D eigenvalue weighted by atomic mass is 16.1. The first-order valence-electron chi connectivity index (χ1n) is 6.32. The van der Waals surface area contributed by atoms with Crippen molar-refractivity contribution in [3.63, 3.8) is 0 Å². The summed E-state index contributed by atoms with van der Waals surface area (Å²) in [5.74, 6) is 0.0371. The molecule has 0 saturated heterocycles. The first-order valence-corrected chi connectivity index (χ1v) is 6.32. The summed E-state index contributed by atoms with van der Waals surface area (Å²) in [4.78, 5) is 11.2. The first kappa shape index (κ1) is 14.3. The van der Waals surface area contributed by atoms with E-state index >= 15 is 0 Å². The second kappa shape index (κ2) is 7.54. The highest BCUT2D eigenvalue weighted by Crippen LogP contribution is 2.13. The molecule has 1 aromatic rings. The molecule has 0 radical (unpaired) electrons. The highest BCUT2D eigenvalue weighted by molar-refractivity contribution is 5.78. The van der Waals surface area contributed by atoms with E-state index < -0.39 is 0 Å². The normalized spacial score (nSPS) is 11.7. The Morgan fingerprint density at radius 2 is 2.06 bits per heavy atom. The average Bonchev–Trinajstić information content (AvgIpc) is 2.38. The minimum Gasteiger partial charge on any atom is -0.383 e. The SMILES string of the molecule is C=CCCC(C)Nc1ccc(CC(=O)NC)cc1. The summed E-state index contributed by atoms with van der Waals surface area (Å²) in [5.41, 5.74) is 2.12. The maximum absolute atomic E-state index is 11.2. The molecule has 0 bridgehead atoms. The Balaban J connectivity index is 2.49. The zero-order valence-corrected chi connectivity index (χ0v) is 11.2. The molecule has 1 atom stereocenters. The van der Waals surface area contributed by atoms with Gasteiger partial charge < -0.3 is 10.6 Å². The van der Waals surface area contributed by atoms with Crippen molar-refractivity contribution in [2.45, 2.75) is 32.2 Å². The Bertz CT molecular complexity index is 384. The number of nitrogens with one attached hydrogen (secondary N) is 2. The molecule has 3 heteroatoms. The number of hydrogen-bond acceptors (Lipinski definition) is 2. The van der Waals surface area contributed by atoms with Gasteiger partial charge in [-0.15, -0.1) is 6.58 Å². The standard InChI is InChI=1S/C15H22N2O/c1-4-5-6-12(2)17-14-9-7-13(8-10-14)11-15(18)16-3/h4,7-10,12,17H,1,5-6,11H2,2-3H3,(H,16,18). The van der Waals surface area contributed by atoms with E-state index in [2.05, 4.69) is 24.1 Å². The predicted octanol–water partition coefficient (Wildman–Crippen LogP) is 2.74. The molecule has 0 saturated carbocycles. The van der Waals surface area contributed by atoms with Crippen LogP contribution in [0, 0.1) is 0 Å². The van der Waals surface area contributed by atoms with E-state index in [0.717, 1.165) is 24.1 Å². The van der Waals surface area contributed by atoms with Gasteiger partial charge in [-0.2, -0.15) is 0 Å². The van der Waals surface area contributed by atoms with Crippen molar-refractivity contribution in [3.8, 4) is 0 Å². The zero-order chi connectivity index (χ0) is 13.4. The van der Waals surface area contributed by atoms with Gasteiger partial charge >= 0.3 is 0 Å². The minimum atomic E-state index is 0.0371. The van der Waals surface area contributed by atoms with E-state index in [4.69, 9.17) is 0 Å². The smallest absolute Gasteiger partial charge is 0.224 e. The Hall–Kier alpha value is -1.77. The highest BCUT2D eigenvalue weighted by Gasteiger charge is 2.03. The maximum atomic E-state index is 11.2. The molecule has 1 rings (SSSR count). The van der Waals surface area contributed by atoms with Gasteiger partial charge in [0.2, 0.25) is 5.91 Å². The second-order valence-electron chi connectivity index (χ2n) is 4.46. The van der Waals surface area contributed by atoms with Gasteiger partial charge in [0.05, 0.1) is 6.42 Å². The summed E-state index contributed by atoms with van der Waals surface area (Å²) < 4.78 is 0. The number of likely N-dealkylation sites (N-methyl/N-ethyl adjacent to an activating group) is 1. The van der Waals surface area contributed by atoms with E-state index in [1.807, 2.05) is 30.3 Å². The molecule has 0 aromatic heterocycles. The van der Waals surface area contributed by atoms with Crippen LogP contribution in [0.1, 0.15) is 25.3 Å². The molecular formula is C15H22N2O. The van der Waals surface area contributed by atoms with Crippen LogP contribution >= 0.6 is 0 Å². The van der Waals surface area contributed by atoms with Gasteiger partial charge in [-0.05, 0) is 37.5 Å². The number of hydrogen-bond donors (Lipinski definition) is 2. The van der Waals surface area contributed by atoms with Crippen LogP contribution in [0.2, 0.25) is 0 Å². The van der Waals surface area contributed by atoms with Gasteiger partial charge in [0, 0.05) is 18.8 Å². The molecule has 2 N–H and O–H groups in total. The molecule has 0 aliphatic carbocycles. The van der Waals surface area contributed by atoms with Crippen LogP contribution in [0.25, 0.3) is 0 Å². The van der Waals surface area contributed by atoms with Crippen LogP contribution < -0.4 is 10.6 Å². The molecule has 1 aromatic carbocycles. The van der Waals surface area contributed by atoms with E-state index in [9.17, 15) is 4.79 Å². The lowest BCUT2D eigenvalue weighted by Crippen LogP contribution is -2.20. The largest absolute Gasteiger partial charge is 0.383 e. The van der Waals surface area contributed by atoms with Crippen molar-refractivity contribution >= 4 is 11.6 Å². The third-order valence-electron chi connectivity index (χ3n) is 2.81. The molecule has 0 spiro atoms. The van der Waals surface area contributed by atoms with Gasteiger partial charge in [0.25, 0.3) is 0 Å². The molecule has 98 valence electrons. The van der Waals surface area contributed by atoms with Gasteiger partial charge in [0.15, 0.2) is 0 Å². The van der Waals surface area contributed by atoms with Crippen LogP contribution in [0.15, 0.2) is 36.9 Å². The van der Waals surface area contributed by atoms with Crippen LogP contribution in [0.5, 0.6) is 0 Å². The third-order valence-corrected chi connectivity index (χ3v) is 2.81. The number of benzene rings is 1. The van der Waals surface area contributed by atoms with E-state index in [1.54, 1.807) is 7.05 Å². The lowest BCUT2D eigenvalue weighted by atomic mass is 10.1. The molecular weight excluding hydrogens is 224 g/mol. The monoisotopic (exact) mass is 246 g/mol. The first-order chi connectivity index (χ1) is 8.65. The van der Waals surface area contributed by atoms with Crippen molar-refractivity contribution in [2.24, 2.45) is 0 Å². The molecule has 0 aliphatic rings. The van der Waals surface area contributed by atoms with Gasteiger partial charge in [0.1, 0.15) is 0 Å². The van der Waals surface area contributed by atoms with E-state index in [0.29, 0.717) is 12.5 Å². The number of carbonyl (C=O) groups excluding carboxylic acids is 1. The quantitative estimate of drug-likeness (QED) is 0.726. The number of rotatable bonds is 7. The van der Waals surface area contributed by atoms with Gasteiger partial charge in [-0.25, -0.2) is 0 Å². The van der Waals surface area contributed by atoms with Crippen molar-refractivity contribution in [1.82, 2.24) is 5.32 Å². The molecule has 1 amide bonds.